The summed E-state index contributed by atoms with van der Waals surface area (Å²) in [4.78, 5) is 74.1. The zero-order valence-corrected chi connectivity index (χ0v) is 24.5. The van der Waals surface area contributed by atoms with Crippen LogP contribution in [-0.4, -0.2) is 33.6 Å². The van der Waals surface area contributed by atoms with Crippen LogP contribution in [0.3, 0.4) is 0 Å². The van der Waals surface area contributed by atoms with E-state index in [0.29, 0.717) is 16.0 Å². The van der Waals surface area contributed by atoms with Crippen molar-refractivity contribution < 1.29 is 24.9 Å². The fraction of sp³-hybridized carbons (Fsp3) is 0.152. The van der Waals surface area contributed by atoms with Crippen molar-refractivity contribution in [2.24, 2.45) is 5.16 Å². The van der Waals surface area contributed by atoms with Gasteiger partial charge in [0.1, 0.15) is 29.3 Å². The Kier molecular flexibility index (Phi) is 6.39. The van der Waals surface area contributed by atoms with Crippen LogP contribution in [0.4, 0.5) is 0 Å². The largest absolute Gasteiger partial charge is 0.510 e. The van der Waals surface area contributed by atoms with E-state index in [4.69, 9.17) is 21.2 Å². The summed E-state index contributed by atoms with van der Waals surface area (Å²) in [5.41, 5.74) is -5.58. The highest BCUT2D eigenvalue weighted by molar-refractivity contribution is 6.30. The Hall–Kier alpha value is -5.75. The molecule has 46 heavy (non-hydrogen) atoms. The molecule has 4 aliphatic rings. The third-order valence-electron chi connectivity index (χ3n) is 8.66. The van der Waals surface area contributed by atoms with Gasteiger partial charge in [-0.15, -0.1) is 0 Å². The molecule has 0 amide bonds. The molecule has 1 heterocycles. The molecular formula is C33H21ClN2O10. The molecule has 1 unspecified atom stereocenters. The summed E-state index contributed by atoms with van der Waals surface area (Å²) in [6, 6.07) is 10.9. The number of nitrogens with one attached hydrogen (secondary N) is 1. The molecule has 0 bridgehead atoms. The summed E-state index contributed by atoms with van der Waals surface area (Å²) in [6.45, 7) is 0.124. The highest BCUT2D eigenvalue weighted by Gasteiger charge is 2.53. The number of oxime groups is 1. The second kappa shape index (κ2) is 10.1. The van der Waals surface area contributed by atoms with Gasteiger partial charge in [0.2, 0.25) is 16.3 Å². The van der Waals surface area contributed by atoms with Crippen LogP contribution in [-0.2, 0) is 23.3 Å². The van der Waals surface area contributed by atoms with E-state index in [1.165, 1.54) is 6.21 Å². The maximum Gasteiger partial charge on any atom is 0.260 e. The molecule has 0 saturated heterocycles. The minimum absolute atomic E-state index is 0.0758. The van der Waals surface area contributed by atoms with E-state index in [0.717, 1.165) is 18.7 Å². The number of methoxy groups -OCH3 is 1. The van der Waals surface area contributed by atoms with E-state index in [2.05, 4.69) is 10.1 Å². The first-order chi connectivity index (χ1) is 22.0. The molecular weight excluding hydrogens is 620 g/mol. The number of aliphatic hydroxyl groups is 2. The van der Waals surface area contributed by atoms with Crippen molar-refractivity contribution in [1.82, 2.24) is 4.98 Å². The van der Waals surface area contributed by atoms with E-state index < -0.39 is 76.6 Å². The Morgan fingerprint density at radius 2 is 1.65 bits per heavy atom. The first kappa shape index (κ1) is 29.0. The molecule has 7 rings (SSSR count). The normalized spacial score (nSPS) is 17.0. The molecule has 4 aliphatic carbocycles. The monoisotopic (exact) mass is 640 g/mol. The van der Waals surface area contributed by atoms with Gasteiger partial charge >= 0.3 is 0 Å². The van der Waals surface area contributed by atoms with E-state index in [1.54, 1.807) is 36.4 Å². The summed E-state index contributed by atoms with van der Waals surface area (Å²) >= 11 is 5.98. The quantitative estimate of drug-likeness (QED) is 0.157. The van der Waals surface area contributed by atoms with Crippen molar-refractivity contribution in [1.29, 1.82) is 0 Å². The Bertz CT molecular complexity index is 2690. The first-order valence-electron chi connectivity index (χ1n) is 13.9. The number of phenolic OH excluding ortho intramolecular Hbond substituents is 1. The molecule has 13 heteroatoms. The zero-order valence-electron chi connectivity index (χ0n) is 23.8. The Morgan fingerprint density at radius 3 is 2.35 bits per heavy atom. The predicted molar refractivity (Wildman–Crippen MR) is 167 cm³/mol. The molecule has 2 aromatic carbocycles. The SMILES string of the molecule is COc1cc(=O)c2c(=O)c3c(c(=O)c=2c1=O)=C(O)C1(CCc2cc4cc(C=NOCc5cccc(Cl)c5)[nH]c(=O)c4c(O)c21)C=3O. The number of aromatic nitrogens is 1. The van der Waals surface area contributed by atoms with Crippen molar-refractivity contribution in [3.8, 4) is 11.5 Å². The van der Waals surface area contributed by atoms with Crippen molar-refractivity contribution in [2.75, 3.05) is 7.11 Å². The molecule has 4 N–H and O–H groups in total. The smallest absolute Gasteiger partial charge is 0.260 e. The lowest BCUT2D eigenvalue weighted by Crippen LogP contribution is -2.51. The third kappa shape index (κ3) is 3.86. The average molecular weight is 641 g/mol. The molecule has 1 spiro atoms. The van der Waals surface area contributed by atoms with Crippen LogP contribution >= 0.6 is 11.6 Å². The number of nitrogens with zero attached hydrogens (tertiary/aromatic N) is 1. The number of aliphatic hydroxyl groups excluding tert-OH is 2. The lowest BCUT2D eigenvalue weighted by atomic mass is 9.78. The fourth-order valence-electron chi connectivity index (χ4n) is 6.67. The number of aryl methyl sites for hydroxylation is 1. The number of fused-ring (bicyclic) bond motifs is 4. The van der Waals surface area contributed by atoms with Crippen LogP contribution in [0.5, 0.6) is 11.5 Å². The van der Waals surface area contributed by atoms with Crippen LogP contribution in [0.1, 0.15) is 28.8 Å². The molecule has 3 aromatic rings. The van der Waals surface area contributed by atoms with Crippen molar-refractivity contribution in [2.45, 2.75) is 24.9 Å². The second-order valence-corrected chi connectivity index (χ2v) is 11.5. The van der Waals surface area contributed by atoms with Crippen molar-refractivity contribution in [3.63, 3.8) is 0 Å². The number of aromatic amines is 1. The average Bonchev–Trinajstić information content (AvgIpc) is 3.51. The number of phenols is 1. The number of benzene rings is 2. The minimum atomic E-state index is -1.98. The molecule has 230 valence electrons. The van der Waals surface area contributed by atoms with Gasteiger partial charge in [-0.25, -0.2) is 0 Å². The van der Waals surface area contributed by atoms with E-state index in [1.807, 2.05) is 0 Å². The van der Waals surface area contributed by atoms with Crippen LogP contribution in [0.25, 0.3) is 22.3 Å². The van der Waals surface area contributed by atoms with E-state index >= 15 is 0 Å². The molecule has 0 aliphatic heterocycles. The van der Waals surface area contributed by atoms with Crippen LogP contribution in [0.2, 0.25) is 5.02 Å². The van der Waals surface area contributed by atoms with Gasteiger partial charge in [0.15, 0.2) is 11.2 Å². The van der Waals surface area contributed by atoms with Crippen molar-refractivity contribution in [3.05, 3.63) is 142 Å². The van der Waals surface area contributed by atoms with Gasteiger partial charge in [0.05, 0.1) is 45.3 Å². The summed E-state index contributed by atoms with van der Waals surface area (Å²) in [5.74, 6) is -2.58. The summed E-state index contributed by atoms with van der Waals surface area (Å²) < 4.78 is 4.90. The van der Waals surface area contributed by atoms with E-state index in [-0.39, 0.29) is 36.1 Å². The van der Waals surface area contributed by atoms with Gasteiger partial charge in [0, 0.05) is 16.7 Å². The molecule has 0 saturated carbocycles. The number of halogens is 1. The number of hydrogen-bond acceptors (Lipinski definition) is 11. The molecule has 0 fully saturated rings. The lowest BCUT2D eigenvalue weighted by molar-refractivity contribution is 0.132. The highest BCUT2D eigenvalue weighted by Crippen LogP contribution is 2.54. The van der Waals surface area contributed by atoms with Crippen molar-refractivity contribution >= 4 is 40.1 Å². The highest BCUT2D eigenvalue weighted by atomic mass is 35.5. The number of ether oxygens (including phenoxy) is 1. The Labute approximate surface area is 260 Å². The predicted octanol–water partition coefficient (Wildman–Crippen LogP) is 0.718. The number of aromatic hydroxyl groups is 1. The minimum Gasteiger partial charge on any atom is -0.510 e. The molecule has 1 aromatic heterocycles. The second-order valence-electron chi connectivity index (χ2n) is 11.1. The lowest BCUT2D eigenvalue weighted by Gasteiger charge is -2.27. The van der Waals surface area contributed by atoms with Gasteiger partial charge in [0.25, 0.3) is 5.56 Å². The standard InChI is InChI=1S/C33H21ClN2O10/c1-45-19-10-18(37)21-22(26(19)38)28(40)24-23(27(21)39)30(42)33(31(24)43)6-5-14-8-15-9-17(36-32(44)20(15)29(41)25(14)33)11-35-46-12-13-3-2-4-16(34)7-13/h2-4,7-11,41-43H,5-6,12H2,1H3,(H,36,44). The van der Waals surface area contributed by atoms with Gasteiger partial charge in [-0.05, 0) is 47.6 Å². The Balaban J connectivity index is 1.39. The summed E-state index contributed by atoms with van der Waals surface area (Å²) in [6.07, 6.45) is 1.33. The number of H-pyrrole nitrogens is 1. The first-order valence-corrected chi connectivity index (χ1v) is 14.3. The molecule has 0 radical (unpaired) electrons. The van der Waals surface area contributed by atoms with E-state index in [9.17, 15) is 39.3 Å². The topological polar surface area (TPSA) is 193 Å². The van der Waals surface area contributed by atoms with Gasteiger partial charge in [-0.1, -0.05) is 35.0 Å². The third-order valence-corrected chi connectivity index (χ3v) is 8.90. The van der Waals surface area contributed by atoms with Crippen LogP contribution < -0.4 is 42.4 Å². The number of pyridine rings is 1. The Morgan fingerprint density at radius 1 is 0.935 bits per heavy atom. The summed E-state index contributed by atoms with van der Waals surface area (Å²) in [7, 11) is 1.12. The number of hydrogen-bond donors (Lipinski definition) is 4. The summed E-state index contributed by atoms with van der Waals surface area (Å²) in [5, 5.41) is 36.4. The maximum atomic E-state index is 13.6. The number of rotatable bonds is 5. The van der Waals surface area contributed by atoms with Gasteiger partial charge in [-0.2, -0.15) is 0 Å². The molecule has 12 nitrogen and oxygen atoms in total. The van der Waals surface area contributed by atoms with Crippen LogP contribution in [0, 0.1) is 10.4 Å². The van der Waals surface area contributed by atoms with Crippen LogP contribution in [0.15, 0.2) is 71.6 Å². The zero-order chi connectivity index (χ0) is 32.7. The van der Waals surface area contributed by atoms with Gasteiger partial charge in [-0.3, -0.25) is 24.0 Å². The maximum absolute atomic E-state index is 13.6. The molecule has 1 atom stereocenters. The van der Waals surface area contributed by atoms with Gasteiger partial charge < -0.3 is 29.9 Å². The fourth-order valence-corrected chi connectivity index (χ4v) is 6.88.